The first-order valence-electron chi connectivity index (χ1n) is 7.07. The largest absolute Gasteiger partial charge is 0.391 e. The van der Waals surface area contributed by atoms with Gasteiger partial charge in [0.05, 0.1) is 23.8 Å². The summed E-state index contributed by atoms with van der Waals surface area (Å²) in [6.07, 6.45) is 7.86. The number of aliphatic hydroxyl groups is 1. The second-order valence-electron chi connectivity index (χ2n) is 5.21. The van der Waals surface area contributed by atoms with E-state index in [1.165, 1.54) is 38.5 Å². The smallest absolute Gasteiger partial charge is 0.185 e. The van der Waals surface area contributed by atoms with Crippen molar-refractivity contribution in [1.82, 2.24) is 4.98 Å². The molecule has 4 nitrogen and oxygen atoms in total. The molecule has 19 heavy (non-hydrogen) atoms. The maximum atomic E-state index is 9.39. The highest BCUT2D eigenvalue weighted by Gasteiger charge is 2.21. The summed E-state index contributed by atoms with van der Waals surface area (Å²) >= 11 is 1.59. The van der Waals surface area contributed by atoms with Gasteiger partial charge in [0.25, 0.3) is 0 Å². The third-order valence-corrected chi connectivity index (χ3v) is 5.04. The van der Waals surface area contributed by atoms with Crippen LogP contribution in [0.3, 0.4) is 0 Å². The van der Waals surface area contributed by atoms with E-state index in [0.717, 1.165) is 15.7 Å². The quantitative estimate of drug-likeness (QED) is 0.844. The van der Waals surface area contributed by atoms with Gasteiger partial charge in [-0.2, -0.15) is 0 Å². The third-order valence-electron chi connectivity index (χ3n) is 3.87. The highest BCUT2D eigenvalue weighted by atomic mass is 32.1. The van der Waals surface area contributed by atoms with E-state index < -0.39 is 0 Å². The van der Waals surface area contributed by atoms with Gasteiger partial charge in [0.15, 0.2) is 5.13 Å². The Morgan fingerprint density at radius 3 is 2.58 bits per heavy atom. The van der Waals surface area contributed by atoms with Gasteiger partial charge < -0.3 is 14.7 Å². The fourth-order valence-corrected chi connectivity index (χ4v) is 3.65. The standard InChI is InChI=1S/C14H24N2O2S/c1-16(11-7-5-3-4-6-8-11)14-15-12(10-18-2)13(9-17)19-14/h11,17H,3-10H2,1-2H3. The summed E-state index contributed by atoms with van der Waals surface area (Å²) in [5.74, 6) is 0. The summed E-state index contributed by atoms with van der Waals surface area (Å²) in [5.41, 5.74) is 0.880. The zero-order valence-electron chi connectivity index (χ0n) is 11.9. The van der Waals surface area contributed by atoms with Crippen LogP contribution < -0.4 is 4.90 Å². The van der Waals surface area contributed by atoms with Gasteiger partial charge in [-0.1, -0.05) is 37.0 Å². The van der Waals surface area contributed by atoms with Crippen molar-refractivity contribution >= 4 is 16.5 Å². The molecule has 1 heterocycles. The Morgan fingerprint density at radius 1 is 1.32 bits per heavy atom. The van der Waals surface area contributed by atoms with Crippen LogP contribution in [-0.4, -0.2) is 30.3 Å². The van der Waals surface area contributed by atoms with Crippen LogP contribution in [0, 0.1) is 0 Å². The molecule has 0 aromatic carbocycles. The first-order valence-corrected chi connectivity index (χ1v) is 7.89. The van der Waals surface area contributed by atoms with Gasteiger partial charge in [0.1, 0.15) is 0 Å². The van der Waals surface area contributed by atoms with Crippen molar-refractivity contribution in [2.24, 2.45) is 0 Å². The fraction of sp³-hybridized carbons (Fsp3) is 0.786. The monoisotopic (exact) mass is 284 g/mol. The molecule has 1 N–H and O–H groups in total. The molecule has 0 amide bonds. The van der Waals surface area contributed by atoms with Crippen LogP contribution in [0.1, 0.15) is 49.1 Å². The van der Waals surface area contributed by atoms with E-state index in [1.54, 1.807) is 18.4 Å². The van der Waals surface area contributed by atoms with Crippen molar-refractivity contribution in [3.8, 4) is 0 Å². The minimum absolute atomic E-state index is 0.0505. The van der Waals surface area contributed by atoms with Crippen molar-refractivity contribution < 1.29 is 9.84 Å². The molecule has 0 unspecified atom stereocenters. The Bertz CT molecular complexity index is 387. The maximum absolute atomic E-state index is 9.39. The van der Waals surface area contributed by atoms with Gasteiger partial charge in [-0.15, -0.1) is 0 Å². The van der Waals surface area contributed by atoms with E-state index in [0.29, 0.717) is 12.6 Å². The number of nitrogens with zero attached hydrogens (tertiary/aromatic N) is 2. The van der Waals surface area contributed by atoms with Crippen molar-refractivity contribution in [3.63, 3.8) is 0 Å². The van der Waals surface area contributed by atoms with E-state index in [9.17, 15) is 5.11 Å². The van der Waals surface area contributed by atoms with E-state index in [2.05, 4.69) is 16.9 Å². The Kier molecular flexibility index (Phi) is 5.60. The summed E-state index contributed by atoms with van der Waals surface area (Å²) in [5, 5.41) is 10.4. The average molecular weight is 284 g/mol. The predicted octanol–water partition coefficient (Wildman–Crippen LogP) is 2.94. The van der Waals surface area contributed by atoms with E-state index in [4.69, 9.17) is 4.74 Å². The van der Waals surface area contributed by atoms with Gasteiger partial charge in [-0.05, 0) is 12.8 Å². The molecule has 0 aliphatic heterocycles. The topological polar surface area (TPSA) is 45.6 Å². The zero-order valence-corrected chi connectivity index (χ0v) is 12.7. The number of rotatable bonds is 5. The molecule has 0 bridgehead atoms. The molecule has 1 aromatic heterocycles. The Morgan fingerprint density at radius 2 is 2.00 bits per heavy atom. The third kappa shape index (κ3) is 3.68. The summed E-state index contributed by atoms with van der Waals surface area (Å²) in [6, 6.07) is 0.593. The molecule has 0 atom stereocenters. The normalized spacial score (nSPS) is 17.4. The van der Waals surface area contributed by atoms with Gasteiger partial charge in [-0.3, -0.25) is 0 Å². The summed E-state index contributed by atoms with van der Waals surface area (Å²) in [6.45, 7) is 0.528. The summed E-state index contributed by atoms with van der Waals surface area (Å²) < 4.78 is 5.14. The van der Waals surface area contributed by atoms with Crippen molar-refractivity contribution in [2.45, 2.75) is 57.8 Å². The van der Waals surface area contributed by atoms with E-state index in [1.807, 2.05) is 0 Å². The van der Waals surface area contributed by atoms with Gasteiger partial charge in [0, 0.05) is 20.2 Å². The zero-order chi connectivity index (χ0) is 13.7. The molecule has 0 spiro atoms. The molecule has 1 saturated carbocycles. The fourth-order valence-electron chi connectivity index (χ4n) is 2.69. The number of hydrogen-bond donors (Lipinski definition) is 1. The Labute approximate surface area is 119 Å². The number of hydrogen-bond acceptors (Lipinski definition) is 5. The number of aromatic nitrogens is 1. The molecule has 1 aliphatic carbocycles. The van der Waals surface area contributed by atoms with Crippen LogP contribution in [0.5, 0.6) is 0 Å². The highest BCUT2D eigenvalue weighted by Crippen LogP contribution is 2.31. The molecule has 5 heteroatoms. The highest BCUT2D eigenvalue weighted by molar-refractivity contribution is 7.15. The lowest BCUT2D eigenvalue weighted by Crippen LogP contribution is -2.30. The number of aliphatic hydroxyl groups excluding tert-OH is 1. The van der Waals surface area contributed by atoms with Crippen LogP contribution in [-0.2, 0) is 18.0 Å². The molecule has 1 aromatic rings. The molecular formula is C14H24N2O2S. The lowest BCUT2D eigenvalue weighted by molar-refractivity contribution is 0.179. The van der Waals surface area contributed by atoms with Gasteiger partial charge in [-0.25, -0.2) is 4.98 Å². The van der Waals surface area contributed by atoms with Crippen LogP contribution in [0.4, 0.5) is 5.13 Å². The molecule has 0 saturated heterocycles. The minimum atomic E-state index is 0.0505. The first-order chi connectivity index (χ1) is 9.26. The van der Waals surface area contributed by atoms with E-state index in [-0.39, 0.29) is 6.61 Å². The maximum Gasteiger partial charge on any atom is 0.185 e. The lowest BCUT2D eigenvalue weighted by Gasteiger charge is -2.26. The van der Waals surface area contributed by atoms with Gasteiger partial charge in [0.2, 0.25) is 0 Å². The van der Waals surface area contributed by atoms with Crippen LogP contribution in [0.25, 0.3) is 0 Å². The second-order valence-corrected chi connectivity index (χ2v) is 6.28. The van der Waals surface area contributed by atoms with E-state index >= 15 is 0 Å². The second kappa shape index (κ2) is 7.22. The minimum Gasteiger partial charge on any atom is -0.391 e. The molecule has 1 aliphatic rings. The number of anilines is 1. The summed E-state index contributed by atoms with van der Waals surface area (Å²) in [7, 11) is 3.79. The molecule has 2 rings (SSSR count). The summed E-state index contributed by atoms with van der Waals surface area (Å²) in [4.78, 5) is 7.86. The van der Waals surface area contributed by atoms with Crippen molar-refractivity contribution in [3.05, 3.63) is 10.6 Å². The predicted molar refractivity (Wildman–Crippen MR) is 78.6 cm³/mol. The average Bonchev–Trinajstić information content (AvgIpc) is 2.64. The lowest BCUT2D eigenvalue weighted by atomic mass is 10.1. The number of thiazole rings is 1. The number of methoxy groups -OCH3 is 1. The molecule has 0 radical (unpaired) electrons. The van der Waals surface area contributed by atoms with Crippen LogP contribution in [0.2, 0.25) is 0 Å². The Balaban J connectivity index is 2.10. The van der Waals surface area contributed by atoms with Crippen LogP contribution >= 0.6 is 11.3 Å². The van der Waals surface area contributed by atoms with Crippen LogP contribution in [0.15, 0.2) is 0 Å². The number of ether oxygens (including phenoxy) is 1. The van der Waals surface area contributed by atoms with Crippen molar-refractivity contribution in [1.29, 1.82) is 0 Å². The first kappa shape index (κ1) is 14.8. The Hall–Kier alpha value is -0.650. The molecular weight excluding hydrogens is 260 g/mol. The van der Waals surface area contributed by atoms with Gasteiger partial charge >= 0.3 is 0 Å². The molecule has 108 valence electrons. The van der Waals surface area contributed by atoms with Crippen molar-refractivity contribution in [2.75, 3.05) is 19.1 Å². The SMILES string of the molecule is COCc1nc(N(C)C2CCCCCC2)sc1CO. The molecule has 1 fully saturated rings.